The van der Waals surface area contributed by atoms with E-state index in [2.05, 4.69) is 0 Å². The van der Waals surface area contributed by atoms with Gasteiger partial charge in [-0.1, -0.05) is 30.3 Å². The largest absolute Gasteiger partial charge is 0.454 e. The van der Waals surface area contributed by atoms with E-state index in [0.717, 1.165) is 18.2 Å². The Morgan fingerprint density at radius 1 is 1.09 bits per heavy atom. The molecular weight excluding hydrogens is 325 g/mol. The lowest BCUT2D eigenvalue weighted by molar-refractivity contribution is 0.0470. The van der Waals surface area contributed by atoms with E-state index in [9.17, 15) is 22.4 Å². The van der Waals surface area contributed by atoms with E-state index >= 15 is 0 Å². The number of esters is 1. The minimum Gasteiger partial charge on any atom is -0.454 e. The van der Waals surface area contributed by atoms with E-state index in [-0.39, 0.29) is 0 Å². The number of sulfonamides is 1. The van der Waals surface area contributed by atoms with Crippen molar-refractivity contribution in [1.29, 1.82) is 0 Å². The summed E-state index contributed by atoms with van der Waals surface area (Å²) in [5.74, 6) is -2.60. The molecular formula is C15H12FNO5S. The van der Waals surface area contributed by atoms with Gasteiger partial charge in [-0.15, -0.1) is 0 Å². The van der Waals surface area contributed by atoms with Gasteiger partial charge in [0.2, 0.25) is 10.0 Å². The standard InChI is InChI=1S/C15H12FNO5S/c16-13-7-6-11(23(17,20)21)8-12(13)15(19)22-9-14(18)10-4-2-1-3-5-10/h1-8H,9H2,(H2,17,20,21). The highest BCUT2D eigenvalue weighted by Gasteiger charge is 2.19. The third-order valence-corrected chi connectivity index (χ3v) is 3.83. The highest BCUT2D eigenvalue weighted by molar-refractivity contribution is 7.89. The molecule has 2 aromatic carbocycles. The number of hydrogen-bond donors (Lipinski definition) is 1. The number of Topliss-reactive ketones (excluding diaryl/α,β-unsaturated/α-hetero) is 1. The van der Waals surface area contributed by atoms with Gasteiger partial charge >= 0.3 is 5.97 Å². The predicted octanol–water partition coefficient (Wildman–Crippen LogP) is 1.51. The summed E-state index contributed by atoms with van der Waals surface area (Å²) in [6, 6.07) is 10.6. The van der Waals surface area contributed by atoms with E-state index in [1.54, 1.807) is 30.3 Å². The van der Waals surface area contributed by atoms with Crippen molar-refractivity contribution in [1.82, 2.24) is 0 Å². The van der Waals surface area contributed by atoms with Gasteiger partial charge < -0.3 is 4.74 Å². The van der Waals surface area contributed by atoms with E-state index < -0.39 is 44.7 Å². The Bertz CT molecular complexity index is 849. The van der Waals surface area contributed by atoms with Crippen molar-refractivity contribution >= 4 is 21.8 Å². The monoisotopic (exact) mass is 337 g/mol. The fourth-order valence-electron chi connectivity index (χ4n) is 1.75. The van der Waals surface area contributed by atoms with Crippen LogP contribution in [0.2, 0.25) is 0 Å². The highest BCUT2D eigenvalue weighted by atomic mass is 32.2. The van der Waals surface area contributed by atoms with Crippen molar-refractivity contribution in [2.24, 2.45) is 5.14 Å². The van der Waals surface area contributed by atoms with Gasteiger partial charge in [0.15, 0.2) is 12.4 Å². The first kappa shape index (κ1) is 16.8. The first-order valence-corrected chi connectivity index (χ1v) is 7.91. The fourth-order valence-corrected chi connectivity index (χ4v) is 2.29. The van der Waals surface area contributed by atoms with Crippen LogP contribution in [0.4, 0.5) is 4.39 Å². The first-order valence-electron chi connectivity index (χ1n) is 6.37. The van der Waals surface area contributed by atoms with Crippen LogP contribution in [0.15, 0.2) is 53.4 Å². The Labute approximate surface area is 131 Å². The van der Waals surface area contributed by atoms with Crippen LogP contribution in [0.25, 0.3) is 0 Å². The molecule has 0 unspecified atom stereocenters. The molecule has 0 spiro atoms. The summed E-state index contributed by atoms with van der Waals surface area (Å²) >= 11 is 0. The molecule has 0 fully saturated rings. The number of ketones is 1. The van der Waals surface area contributed by atoms with Gasteiger partial charge in [0.25, 0.3) is 0 Å². The maximum atomic E-state index is 13.6. The average Bonchev–Trinajstić information content (AvgIpc) is 2.52. The lowest BCUT2D eigenvalue weighted by atomic mass is 10.1. The molecule has 2 rings (SSSR count). The molecule has 0 aliphatic rings. The van der Waals surface area contributed by atoms with Crippen molar-refractivity contribution < 1.29 is 27.1 Å². The Morgan fingerprint density at radius 3 is 2.35 bits per heavy atom. The van der Waals surface area contributed by atoms with Crippen molar-refractivity contribution in [2.45, 2.75) is 4.90 Å². The maximum absolute atomic E-state index is 13.6. The van der Waals surface area contributed by atoms with E-state index in [0.29, 0.717) is 5.56 Å². The summed E-state index contributed by atoms with van der Waals surface area (Å²) in [7, 11) is -4.09. The molecule has 2 N–H and O–H groups in total. The first-order chi connectivity index (χ1) is 10.8. The Morgan fingerprint density at radius 2 is 1.74 bits per heavy atom. The molecule has 8 heteroatoms. The number of halogens is 1. The molecule has 0 saturated heterocycles. The van der Waals surface area contributed by atoms with Gasteiger partial charge in [0, 0.05) is 5.56 Å². The maximum Gasteiger partial charge on any atom is 0.341 e. The highest BCUT2D eigenvalue weighted by Crippen LogP contribution is 2.15. The number of ether oxygens (including phenoxy) is 1. The number of rotatable bonds is 5. The lowest BCUT2D eigenvalue weighted by Gasteiger charge is -2.07. The summed E-state index contributed by atoms with van der Waals surface area (Å²) in [4.78, 5) is 23.2. The van der Waals surface area contributed by atoms with Gasteiger partial charge in [-0.2, -0.15) is 0 Å². The number of primary sulfonamides is 1. The minimum atomic E-state index is -4.09. The molecule has 0 aromatic heterocycles. The van der Waals surface area contributed by atoms with Crippen LogP contribution in [0, 0.1) is 5.82 Å². The molecule has 2 aromatic rings. The molecule has 23 heavy (non-hydrogen) atoms. The van der Waals surface area contributed by atoms with E-state index in [1.807, 2.05) is 0 Å². The zero-order valence-corrected chi connectivity index (χ0v) is 12.5. The molecule has 0 bridgehead atoms. The molecule has 0 aliphatic carbocycles. The summed E-state index contributed by atoms with van der Waals surface area (Å²) in [5.41, 5.74) is -0.281. The quantitative estimate of drug-likeness (QED) is 0.658. The summed E-state index contributed by atoms with van der Waals surface area (Å²) in [6.07, 6.45) is 0. The van der Waals surface area contributed by atoms with E-state index in [4.69, 9.17) is 9.88 Å². The van der Waals surface area contributed by atoms with E-state index in [1.165, 1.54) is 0 Å². The number of carbonyl (C=O) groups is 2. The van der Waals surface area contributed by atoms with Crippen LogP contribution in [0.5, 0.6) is 0 Å². The lowest BCUT2D eigenvalue weighted by Crippen LogP contribution is -2.17. The van der Waals surface area contributed by atoms with Crippen LogP contribution >= 0.6 is 0 Å². The summed E-state index contributed by atoms with van der Waals surface area (Å²) in [6.45, 7) is -0.595. The Hall–Kier alpha value is -2.58. The topological polar surface area (TPSA) is 104 Å². The van der Waals surface area contributed by atoms with Crippen LogP contribution in [-0.2, 0) is 14.8 Å². The second kappa shape index (κ2) is 6.67. The zero-order chi connectivity index (χ0) is 17.0. The third-order valence-electron chi connectivity index (χ3n) is 2.92. The number of nitrogens with two attached hydrogens (primary N) is 1. The van der Waals surface area contributed by atoms with Gasteiger partial charge in [-0.25, -0.2) is 22.7 Å². The second-order valence-corrected chi connectivity index (χ2v) is 6.11. The van der Waals surface area contributed by atoms with Crippen LogP contribution in [-0.4, -0.2) is 26.8 Å². The minimum absolute atomic E-state index is 0.332. The SMILES string of the molecule is NS(=O)(=O)c1ccc(F)c(C(=O)OCC(=O)c2ccccc2)c1. The molecule has 0 atom stereocenters. The Kier molecular flexibility index (Phi) is 4.87. The molecule has 0 amide bonds. The second-order valence-electron chi connectivity index (χ2n) is 4.55. The predicted molar refractivity (Wildman–Crippen MR) is 78.8 cm³/mol. The molecule has 0 heterocycles. The molecule has 6 nitrogen and oxygen atoms in total. The van der Waals surface area contributed by atoms with Crippen molar-refractivity contribution in [2.75, 3.05) is 6.61 Å². The smallest absolute Gasteiger partial charge is 0.341 e. The molecule has 0 saturated carbocycles. The van der Waals surface area contributed by atoms with Gasteiger partial charge in [-0.05, 0) is 18.2 Å². The number of carbonyl (C=O) groups excluding carboxylic acids is 2. The zero-order valence-electron chi connectivity index (χ0n) is 11.7. The number of benzene rings is 2. The normalized spacial score (nSPS) is 11.0. The van der Waals surface area contributed by atoms with Crippen molar-refractivity contribution in [3.8, 4) is 0 Å². The van der Waals surface area contributed by atoms with Gasteiger partial charge in [-0.3, -0.25) is 4.79 Å². The van der Waals surface area contributed by atoms with Crippen molar-refractivity contribution in [3.05, 3.63) is 65.5 Å². The van der Waals surface area contributed by atoms with Crippen LogP contribution in [0.3, 0.4) is 0 Å². The molecule has 120 valence electrons. The third kappa shape index (κ3) is 4.21. The molecule has 0 aliphatic heterocycles. The fraction of sp³-hybridized carbons (Fsp3) is 0.0667. The Balaban J connectivity index is 2.14. The summed E-state index contributed by atoms with van der Waals surface area (Å²) < 4.78 is 40.8. The molecule has 0 radical (unpaired) electrons. The van der Waals surface area contributed by atoms with Crippen LogP contribution < -0.4 is 5.14 Å². The average molecular weight is 337 g/mol. The van der Waals surface area contributed by atoms with Gasteiger partial charge in [0.1, 0.15) is 5.82 Å². The van der Waals surface area contributed by atoms with Gasteiger partial charge in [0.05, 0.1) is 10.5 Å². The van der Waals surface area contributed by atoms with Crippen LogP contribution in [0.1, 0.15) is 20.7 Å². The summed E-state index contributed by atoms with van der Waals surface area (Å²) in [5, 5.41) is 4.92. The number of hydrogen-bond acceptors (Lipinski definition) is 5. The van der Waals surface area contributed by atoms with Crippen molar-refractivity contribution in [3.63, 3.8) is 0 Å².